The highest BCUT2D eigenvalue weighted by Crippen LogP contribution is 2.32. The first-order valence-corrected chi connectivity index (χ1v) is 22.7. The average molecular weight is 876 g/mol. The Labute approximate surface area is 376 Å². The van der Waals surface area contributed by atoms with Crippen molar-refractivity contribution in [1.29, 1.82) is 0 Å². The van der Waals surface area contributed by atoms with Crippen LogP contribution in [-0.4, -0.2) is 162 Å². The fourth-order valence-corrected chi connectivity index (χ4v) is 9.45. The Bertz CT molecular complexity index is 2810. The third-order valence-electron chi connectivity index (χ3n) is 13.2. The van der Waals surface area contributed by atoms with Crippen LogP contribution in [0.2, 0.25) is 0 Å². The number of nitrogens with one attached hydrogen (secondary N) is 2. The molecule has 19 heteroatoms. The minimum Gasteiger partial charge on any atom is -0.383 e. The Morgan fingerprint density at radius 1 is 0.754 bits per heavy atom. The molecule has 2 fully saturated rings. The first-order chi connectivity index (χ1) is 32.0. The van der Waals surface area contributed by atoms with Crippen LogP contribution in [0.1, 0.15) is 38.3 Å². The number of nitrogens with two attached hydrogens (primary N) is 1. The molecule has 10 heterocycles. The Kier molecular flexibility index (Phi) is 11.4. The molecule has 334 valence electrons. The summed E-state index contributed by atoms with van der Waals surface area (Å²) in [7, 11) is 0. The second kappa shape index (κ2) is 18.1. The van der Waals surface area contributed by atoms with Gasteiger partial charge in [0.25, 0.3) is 5.91 Å². The summed E-state index contributed by atoms with van der Waals surface area (Å²) in [6.07, 6.45) is 12.2. The molecule has 4 aliphatic rings. The predicted molar refractivity (Wildman–Crippen MR) is 246 cm³/mol. The van der Waals surface area contributed by atoms with Gasteiger partial charge in [-0.3, -0.25) is 14.6 Å². The number of rotatable bonds is 12. The van der Waals surface area contributed by atoms with Gasteiger partial charge in [-0.15, -0.1) is 0 Å². The molecule has 0 aliphatic carbocycles. The van der Waals surface area contributed by atoms with E-state index < -0.39 is 0 Å². The van der Waals surface area contributed by atoms with Gasteiger partial charge in [0.05, 0.1) is 36.4 Å². The van der Waals surface area contributed by atoms with Crippen molar-refractivity contribution in [3.63, 3.8) is 0 Å². The SMILES string of the molecule is Nc1ncnc2c1c(-c1cnc3[nH]ccc3c1)nn2Cc1ccc2c(c1)CCN(C(=O)c1cnc(N3CCN(CCOCCN4CCN(c5ncc6c(n5)CCNC6)CC4)CC3)nc1)C2. The van der Waals surface area contributed by atoms with E-state index in [-0.39, 0.29) is 5.91 Å². The van der Waals surface area contributed by atoms with E-state index in [1.54, 1.807) is 18.6 Å². The zero-order valence-corrected chi connectivity index (χ0v) is 36.4. The number of hydrogen-bond donors (Lipinski definition) is 3. The normalized spacial score (nSPS) is 17.2. The molecule has 0 unspecified atom stereocenters. The van der Waals surface area contributed by atoms with Crippen LogP contribution in [0.3, 0.4) is 0 Å². The molecular formula is C46H53N17O2. The number of fused-ring (bicyclic) bond motifs is 4. The number of ether oxygens (including phenoxy) is 1. The number of carbonyl (C=O) groups is 1. The molecule has 7 aromatic rings. The van der Waals surface area contributed by atoms with Crippen molar-refractivity contribution in [2.75, 3.05) is 107 Å². The summed E-state index contributed by atoms with van der Waals surface area (Å²) in [5, 5.41) is 10.1. The molecule has 65 heavy (non-hydrogen) atoms. The largest absolute Gasteiger partial charge is 0.383 e. The number of aromatic amines is 1. The van der Waals surface area contributed by atoms with Gasteiger partial charge in [-0.05, 0) is 35.2 Å². The number of hydrogen-bond acceptors (Lipinski definition) is 16. The summed E-state index contributed by atoms with van der Waals surface area (Å²) in [5.74, 6) is 1.85. The zero-order valence-electron chi connectivity index (χ0n) is 36.4. The molecule has 0 saturated carbocycles. The number of nitrogen functional groups attached to an aromatic ring is 1. The number of nitrogens with zero attached hydrogens (tertiary/aromatic N) is 14. The summed E-state index contributed by atoms with van der Waals surface area (Å²) in [5.41, 5.74) is 15.7. The van der Waals surface area contributed by atoms with Crippen molar-refractivity contribution in [1.82, 2.24) is 69.7 Å². The van der Waals surface area contributed by atoms with E-state index in [0.717, 1.165) is 132 Å². The van der Waals surface area contributed by atoms with E-state index in [4.69, 9.17) is 20.6 Å². The number of benzene rings is 1. The monoisotopic (exact) mass is 875 g/mol. The molecule has 4 aliphatic heterocycles. The van der Waals surface area contributed by atoms with E-state index >= 15 is 0 Å². The Hall–Kier alpha value is -6.67. The molecule has 0 radical (unpaired) electrons. The second-order valence-electron chi connectivity index (χ2n) is 17.3. The zero-order chi connectivity index (χ0) is 43.7. The molecule has 0 atom stereocenters. The number of aromatic nitrogens is 10. The maximum Gasteiger partial charge on any atom is 0.257 e. The van der Waals surface area contributed by atoms with Gasteiger partial charge in [-0.1, -0.05) is 18.2 Å². The van der Waals surface area contributed by atoms with Crippen LogP contribution < -0.4 is 20.9 Å². The van der Waals surface area contributed by atoms with Gasteiger partial charge in [0.1, 0.15) is 23.5 Å². The van der Waals surface area contributed by atoms with Gasteiger partial charge in [-0.25, -0.2) is 39.6 Å². The lowest BCUT2D eigenvalue weighted by Crippen LogP contribution is -2.48. The fourth-order valence-electron chi connectivity index (χ4n) is 9.45. The molecule has 0 bridgehead atoms. The van der Waals surface area contributed by atoms with Crippen LogP contribution in [0.5, 0.6) is 0 Å². The minimum atomic E-state index is -0.0590. The van der Waals surface area contributed by atoms with Gasteiger partial charge in [0, 0.05) is 146 Å². The number of H-pyrrole nitrogens is 1. The summed E-state index contributed by atoms with van der Waals surface area (Å²) < 4.78 is 7.95. The quantitative estimate of drug-likeness (QED) is 0.151. The molecule has 1 aromatic carbocycles. The van der Waals surface area contributed by atoms with Crippen molar-refractivity contribution in [3.05, 3.63) is 101 Å². The second-order valence-corrected chi connectivity index (χ2v) is 17.3. The van der Waals surface area contributed by atoms with E-state index in [0.29, 0.717) is 60.3 Å². The summed E-state index contributed by atoms with van der Waals surface area (Å²) >= 11 is 0. The van der Waals surface area contributed by atoms with Gasteiger partial charge in [0.2, 0.25) is 11.9 Å². The average Bonchev–Trinajstić information content (AvgIpc) is 3.99. The van der Waals surface area contributed by atoms with Crippen LogP contribution in [0, 0.1) is 0 Å². The Morgan fingerprint density at radius 2 is 1.52 bits per heavy atom. The fraction of sp³-hybridized carbons (Fsp3) is 0.413. The third-order valence-corrected chi connectivity index (χ3v) is 13.2. The van der Waals surface area contributed by atoms with E-state index in [2.05, 4.69) is 78.0 Å². The highest BCUT2D eigenvalue weighted by Gasteiger charge is 2.26. The van der Waals surface area contributed by atoms with Gasteiger partial charge in [0.15, 0.2) is 5.65 Å². The van der Waals surface area contributed by atoms with Crippen molar-refractivity contribution in [2.24, 2.45) is 0 Å². The number of amides is 1. The standard InChI is InChI=1S/C46H53N17O2/c47-41-39-40(35-22-33-3-7-49-42(33)50-24-35)57-63(43(39)55-30-54-41)28-31-1-2-34-29-62(8-5-32(34)21-31)44(64)37-26-51-45(52-27-37)60-13-9-58(10-14-60)17-19-65-20-18-59-11-15-61(16-12-59)46-53-25-36-23-48-6-4-38(36)56-46/h1-3,7,21-22,24-27,30,48H,4-6,8-20,23,28-29H2,(H,49,50)(H2,47,54,55). The Morgan fingerprint density at radius 3 is 2.32 bits per heavy atom. The smallest absolute Gasteiger partial charge is 0.257 e. The van der Waals surface area contributed by atoms with Crippen molar-refractivity contribution < 1.29 is 9.53 Å². The summed E-state index contributed by atoms with van der Waals surface area (Å²) in [6.45, 7) is 14.1. The summed E-state index contributed by atoms with van der Waals surface area (Å²) in [6, 6.07) is 10.4. The van der Waals surface area contributed by atoms with Crippen LogP contribution in [0.4, 0.5) is 17.7 Å². The predicted octanol–water partition coefficient (Wildman–Crippen LogP) is 2.39. The number of piperazine rings is 2. The van der Waals surface area contributed by atoms with Gasteiger partial charge >= 0.3 is 0 Å². The van der Waals surface area contributed by atoms with Crippen LogP contribution in [0.25, 0.3) is 33.3 Å². The maximum atomic E-state index is 13.7. The van der Waals surface area contributed by atoms with Gasteiger partial charge in [-0.2, -0.15) is 5.10 Å². The van der Waals surface area contributed by atoms with Crippen molar-refractivity contribution >= 4 is 45.7 Å². The van der Waals surface area contributed by atoms with Crippen LogP contribution >= 0.6 is 0 Å². The van der Waals surface area contributed by atoms with Crippen molar-refractivity contribution in [3.8, 4) is 11.3 Å². The molecule has 0 spiro atoms. The van der Waals surface area contributed by atoms with Crippen molar-refractivity contribution in [2.45, 2.75) is 32.5 Å². The minimum absolute atomic E-state index is 0.0590. The first kappa shape index (κ1) is 41.1. The van der Waals surface area contributed by atoms with E-state index in [9.17, 15) is 4.79 Å². The molecule has 11 rings (SSSR count). The number of pyridine rings is 1. The summed E-state index contributed by atoms with van der Waals surface area (Å²) in [4.78, 5) is 60.3. The lowest BCUT2D eigenvalue weighted by atomic mass is 9.97. The Balaban J connectivity index is 0.623. The molecule has 6 aromatic heterocycles. The van der Waals surface area contributed by atoms with Crippen LogP contribution in [0.15, 0.2) is 67.6 Å². The first-order valence-electron chi connectivity index (χ1n) is 22.7. The molecular weight excluding hydrogens is 823 g/mol. The lowest BCUT2D eigenvalue weighted by Gasteiger charge is -2.35. The molecule has 4 N–H and O–H groups in total. The van der Waals surface area contributed by atoms with Gasteiger partial charge < -0.3 is 35.5 Å². The molecule has 2 saturated heterocycles. The number of anilines is 3. The number of carbonyl (C=O) groups excluding carboxylic acids is 1. The molecule has 1 amide bonds. The highest BCUT2D eigenvalue weighted by molar-refractivity contribution is 5.99. The van der Waals surface area contributed by atoms with E-state index in [1.807, 2.05) is 34.1 Å². The van der Waals surface area contributed by atoms with Crippen LogP contribution in [-0.2, 0) is 37.2 Å². The maximum absolute atomic E-state index is 13.7. The third kappa shape index (κ3) is 8.66. The topological polar surface area (TPSA) is 204 Å². The molecule has 19 nitrogen and oxygen atoms in total. The lowest BCUT2D eigenvalue weighted by molar-refractivity contribution is 0.0734. The highest BCUT2D eigenvalue weighted by atomic mass is 16.5. The van der Waals surface area contributed by atoms with E-state index in [1.165, 1.54) is 23.1 Å².